The summed E-state index contributed by atoms with van der Waals surface area (Å²) in [6, 6.07) is 17.9. The lowest BCUT2D eigenvalue weighted by molar-refractivity contribution is 0.0625. The standard InChI is InChI=1S/C23H23BrN2O/c1-15-10-16(2)14-26(13-15)23(27)20-12-22(17-6-5-7-18(24)11-17)25-21-9-4-3-8-19(20)21/h3-9,11-12,15-16H,10,13-14H2,1-2H3/t15-,16+. The van der Waals surface area contributed by atoms with E-state index in [1.54, 1.807) is 0 Å². The molecule has 3 aromatic rings. The topological polar surface area (TPSA) is 33.2 Å². The summed E-state index contributed by atoms with van der Waals surface area (Å²) in [5.41, 5.74) is 3.44. The van der Waals surface area contributed by atoms with Gasteiger partial charge in [0.05, 0.1) is 16.8 Å². The van der Waals surface area contributed by atoms with E-state index in [1.165, 1.54) is 6.42 Å². The molecule has 2 atom stereocenters. The molecule has 0 bridgehead atoms. The molecule has 3 nitrogen and oxygen atoms in total. The van der Waals surface area contributed by atoms with Crippen LogP contribution in [0.25, 0.3) is 22.2 Å². The highest BCUT2D eigenvalue weighted by Gasteiger charge is 2.27. The van der Waals surface area contributed by atoms with Crippen LogP contribution in [0.4, 0.5) is 0 Å². The van der Waals surface area contributed by atoms with Gasteiger partial charge < -0.3 is 4.90 Å². The lowest BCUT2D eigenvalue weighted by atomic mass is 9.91. The zero-order chi connectivity index (χ0) is 19.0. The molecule has 1 aliphatic heterocycles. The van der Waals surface area contributed by atoms with Crippen LogP contribution in [0.2, 0.25) is 0 Å². The monoisotopic (exact) mass is 422 g/mol. The van der Waals surface area contributed by atoms with E-state index in [0.29, 0.717) is 11.8 Å². The molecule has 1 amide bonds. The molecule has 0 radical (unpaired) electrons. The number of piperidine rings is 1. The summed E-state index contributed by atoms with van der Waals surface area (Å²) < 4.78 is 1.00. The molecule has 1 aliphatic rings. The van der Waals surface area contributed by atoms with Crippen molar-refractivity contribution in [1.82, 2.24) is 9.88 Å². The smallest absolute Gasteiger partial charge is 0.254 e. The summed E-state index contributed by atoms with van der Waals surface area (Å²) in [5, 5.41) is 0.923. The van der Waals surface area contributed by atoms with Crippen LogP contribution in [0.15, 0.2) is 59.1 Å². The molecule has 4 rings (SSSR count). The molecule has 0 saturated carbocycles. The van der Waals surface area contributed by atoms with Crippen LogP contribution >= 0.6 is 15.9 Å². The van der Waals surface area contributed by atoms with Gasteiger partial charge in [0.15, 0.2) is 0 Å². The number of para-hydroxylation sites is 1. The number of rotatable bonds is 2. The predicted molar refractivity (Wildman–Crippen MR) is 114 cm³/mol. The summed E-state index contributed by atoms with van der Waals surface area (Å²) in [5.74, 6) is 1.19. The second-order valence-electron chi connectivity index (χ2n) is 7.74. The molecule has 1 saturated heterocycles. The number of likely N-dealkylation sites (tertiary alicyclic amines) is 1. The Morgan fingerprint density at radius 2 is 1.78 bits per heavy atom. The summed E-state index contributed by atoms with van der Waals surface area (Å²) >= 11 is 3.53. The van der Waals surface area contributed by atoms with Crippen molar-refractivity contribution in [1.29, 1.82) is 0 Å². The average molecular weight is 423 g/mol. The van der Waals surface area contributed by atoms with Gasteiger partial charge >= 0.3 is 0 Å². The van der Waals surface area contributed by atoms with Gasteiger partial charge in [-0.2, -0.15) is 0 Å². The number of hydrogen-bond donors (Lipinski definition) is 0. The summed E-state index contributed by atoms with van der Waals surface area (Å²) in [6.45, 7) is 6.11. The fraction of sp³-hybridized carbons (Fsp3) is 0.304. The first-order chi connectivity index (χ1) is 13.0. The van der Waals surface area contributed by atoms with Crippen LogP contribution in [0.1, 0.15) is 30.6 Å². The number of benzene rings is 2. The van der Waals surface area contributed by atoms with Crippen molar-refractivity contribution in [2.45, 2.75) is 20.3 Å². The second kappa shape index (κ2) is 7.43. The fourth-order valence-corrected chi connectivity index (χ4v) is 4.55. The molecule has 0 N–H and O–H groups in total. The molecule has 4 heteroatoms. The minimum Gasteiger partial charge on any atom is -0.338 e. The molecule has 0 spiro atoms. The normalized spacial score (nSPS) is 20.0. The van der Waals surface area contributed by atoms with Crippen molar-refractivity contribution >= 4 is 32.7 Å². The van der Waals surface area contributed by atoms with Crippen molar-refractivity contribution in [2.24, 2.45) is 11.8 Å². The maximum absolute atomic E-state index is 13.4. The maximum Gasteiger partial charge on any atom is 0.254 e. The van der Waals surface area contributed by atoms with Gasteiger partial charge in [0.2, 0.25) is 0 Å². The minimum atomic E-state index is 0.114. The summed E-state index contributed by atoms with van der Waals surface area (Å²) in [6.07, 6.45) is 1.18. The first-order valence-electron chi connectivity index (χ1n) is 9.46. The van der Waals surface area contributed by atoms with E-state index in [9.17, 15) is 4.79 Å². The Hall–Kier alpha value is -2.20. The third kappa shape index (κ3) is 3.77. The lowest BCUT2D eigenvalue weighted by Gasteiger charge is -2.35. The zero-order valence-corrected chi connectivity index (χ0v) is 17.2. The Labute approximate surface area is 168 Å². The van der Waals surface area contributed by atoms with Gasteiger partial charge in [0.1, 0.15) is 0 Å². The van der Waals surface area contributed by atoms with Crippen molar-refractivity contribution < 1.29 is 4.79 Å². The van der Waals surface area contributed by atoms with Gasteiger partial charge in [0.25, 0.3) is 5.91 Å². The maximum atomic E-state index is 13.4. The average Bonchev–Trinajstić information content (AvgIpc) is 2.66. The van der Waals surface area contributed by atoms with Crippen LogP contribution in [0, 0.1) is 11.8 Å². The fourth-order valence-electron chi connectivity index (χ4n) is 4.15. The zero-order valence-electron chi connectivity index (χ0n) is 15.7. The number of aromatic nitrogens is 1. The van der Waals surface area contributed by atoms with Gasteiger partial charge in [-0.1, -0.05) is 60.1 Å². The molecule has 2 aromatic carbocycles. The van der Waals surface area contributed by atoms with E-state index in [2.05, 4.69) is 29.8 Å². The van der Waals surface area contributed by atoms with Crippen molar-refractivity contribution in [3.05, 3.63) is 64.6 Å². The number of carbonyl (C=O) groups excluding carboxylic acids is 1. The Morgan fingerprint density at radius 1 is 1.04 bits per heavy atom. The van der Waals surface area contributed by atoms with Crippen LogP contribution < -0.4 is 0 Å². The Morgan fingerprint density at radius 3 is 2.52 bits per heavy atom. The van der Waals surface area contributed by atoms with Gasteiger partial charge in [-0.15, -0.1) is 0 Å². The summed E-state index contributed by atoms with van der Waals surface area (Å²) in [7, 11) is 0. The molecular weight excluding hydrogens is 400 g/mol. The van der Waals surface area contributed by atoms with Gasteiger partial charge in [0, 0.05) is 28.5 Å². The molecule has 0 aliphatic carbocycles. The van der Waals surface area contributed by atoms with Gasteiger partial charge in [-0.05, 0) is 42.5 Å². The SMILES string of the molecule is C[C@@H]1C[C@H](C)CN(C(=O)c2cc(-c3cccc(Br)c3)nc3ccccc23)C1. The third-order valence-corrected chi connectivity index (χ3v) is 5.72. The molecule has 27 heavy (non-hydrogen) atoms. The molecule has 2 heterocycles. The number of hydrogen-bond acceptors (Lipinski definition) is 2. The highest BCUT2D eigenvalue weighted by atomic mass is 79.9. The minimum absolute atomic E-state index is 0.114. The van der Waals surface area contributed by atoms with E-state index in [0.717, 1.165) is 45.3 Å². The lowest BCUT2D eigenvalue weighted by Crippen LogP contribution is -2.42. The van der Waals surface area contributed by atoms with E-state index in [4.69, 9.17) is 4.98 Å². The molecular formula is C23H23BrN2O. The molecule has 1 aromatic heterocycles. The van der Waals surface area contributed by atoms with Gasteiger partial charge in [-0.3, -0.25) is 4.79 Å². The largest absolute Gasteiger partial charge is 0.338 e. The molecule has 0 unspecified atom stereocenters. The van der Waals surface area contributed by atoms with E-state index < -0.39 is 0 Å². The second-order valence-corrected chi connectivity index (χ2v) is 8.65. The van der Waals surface area contributed by atoms with Crippen molar-refractivity contribution in [2.75, 3.05) is 13.1 Å². The first-order valence-corrected chi connectivity index (χ1v) is 10.3. The summed E-state index contributed by atoms with van der Waals surface area (Å²) in [4.78, 5) is 20.3. The molecule has 1 fully saturated rings. The number of halogens is 1. The number of pyridine rings is 1. The Bertz CT molecular complexity index is 991. The van der Waals surface area contributed by atoms with Crippen LogP contribution in [-0.4, -0.2) is 28.9 Å². The third-order valence-electron chi connectivity index (χ3n) is 5.22. The Balaban J connectivity index is 1.82. The van der Waals surface area contributed by atoms with Crippen molar-refractivity contribution in [3.63, 3.8) is 0 Å². The van der Waals surface area contributed by atoms with E-state index in [-0.39, 0.29) is 5.91 Å². The predicted octanol–water partition coefficient (Wildman–Crippen LogP) is 5.78. The highest BCUT2D eigenvalue weighted by Crippen LogP contribution is 2.29. The highest BCUT2D eigenvalue weighted by molar-refractivity contribution is 9.10. The van der Waals surface area contributed by atoms with E-state index in [1.807, 2.05) is 59.5 Å². The van der Waals surface area contributed by atoms with E-state index >= 15 is 0 Å². The van der Waals surface area contributed by atoms with Gasteiger partial charge in [-0.25, -0.2) is 4.98 Å². The number of carbonyl (C=O) groups is 1. The number of nitrogens with zero attached hydrogens (tertiary/aromatic N) is 2. The number of fused-ring (bicyclic) bond motifs is 1. The van der Waals surface area contributed by atoms with Crippen molar-refractivity contribution in [3.8, 4) is 11.3 Å². The molecule has 138 valence electrons. The van der Waals surface area contributed by atoms with Crippen LogP contribution in [0.3, 0.4) is 0 Å². The van der Waals surface area contributed by atoms with Crippen LogP contribution in [-0.2, 0) is 0 Å². The quantitative estimate of drug-likeness (QED) is 0.523. The Kier molecular flexibility index (Phi) is 5.00. The number of amides is 1. The first kappa shape index (κ1) is 18.2. The van der Waals surface area contributed by atoms with Crippen LogP contribution in [0.5, 0.6) is 0 Å².